The molecular weight excluding hydrogens is 316 g/mol. The summed E-state index contributed by atoms with van der Waals surface area (Å²) in [5.74, 6) is -0.600. The second-order valence-corrected chi connectivity index (χ2v) is 6.63. The molecule has 0 unspecified atom stereocenters. The highest BCUT2D eigenvalue weighted by Gasteiger charge is 2.33. The molecule has 1 atom stereocenters. The van der Waals surface area contributed by atoms with Crippen molar-refractivity contribution in [3.63, 3.8) is 0 Å². The van der Waals surface area contributed by atoms with Crippen LogP contribution in [0.15, 0.2) is 42.5 Å². The molecule has 1 heterocycles. The molecule has 2 aromatic rings. The molecule has 0 bridgehead atoms. The van der Waals surface area contributed by atoms with Gasteiger partial charge < -0.3 is 4.90 Å². The topological polar surface area (TPSA) is 20.3 Å². The third kappa shape index (κ3) is 3.24. The molecule has 1 fully saturated rings. The number of nitrogens with zero attached hydrogens (tertiary/aromatic N) is 1. The van der Waals surface area contributed by atoms with E-state index in [1.165, 1.54) is 29.5 Å². The summed E-state index contributed by atoms with van der Waals surface area (Å²) < 4.78 is 27.1. The zero-order valence-electron chi connectivity index (χ0n) is 12.8. The number of halogens is 2. The van der Waals surface area contributed by atoms with Gasteiger partial charge in [0, 0.05) is 29.5 Å². The van der Waals surface area contributed by atoms with E-state index in [0.29, 0.717) is 17.7 Å². The maximum atomic E-state index is 14.0. The highest BCUT2D eigenvalue weighted by molar-refractivity contribution is 7.99. The average molecular weight is 333 g/mol. The van der Waals surface area contributed by atoms with Gasteiger partial charge >= 0.3 is 0 Å². The lowest BCUT2D eigenvalue weighted by Crippen LogP contribution is -2.30. The summed E-state index contributed by atoms with van der Waals surface area (Å²) in [6.45, 7) is 2.61. The Labute approximate surface area is 138 Å². The lowest BCUT2D eigenvalue weighted by atomic mass is 10.1. The Morgan fingerprint density at radius 3 is 2.61 bits per heavy atom. The minimum Gasteiger partial charge on any atom is -0.322 e. The van der Waals surface area contributed by atoms with E-state index in [9.17, 15) is 13.6 Å². The molecule has 1 amide bonds. The van der Waals surface area contributed by atoms with Gasteiger partial charge in [0.1, 0.15) is 17.0 Å². The lowest BCUT2D eigenvalue weighted by molar-refractivity contribution is 0.0759. The van der Waals surface area contributed by atoms with E-state index < -0.39 is 17.0 Å². The molecule has 2 aromatic carbocycles. The molecule has 0 radical (unpaired) electrons. The quantitative estimate of drug-likeness (QED) is 0.829. The van der Waals surface area contributed by atoms with Crippen LogP contribution in [-0.4, -0.2) is 23.1 Å². The Bertz CT molecular complexity index is 717. The fraction of sp³-hybridized carbons (Fsp3) is 0.278. The van der Waals surface area contributed by atoms with Gasteiger partial charge in [-0.25, -0.2) is 8.78 Å². The highest BCUT2D eigenvalue weighted by Crippen LogP contribution is 2.39. The Morgan fingerprint density at radius 2 is 1.96 bits per heavy atom. The molecule has 120 valence electrons. The lowest BCUT2D eigenvalue weighted by Gasteiger charge is -2.24. The van der Waals surface area contributed by atoms with Gasteiger partial charge in [-0.15, -0.1) is 11.8 Å². The number of aryl methyl sites for hydroxylation is 1. The van der Waals surface area contributed by atoms with Crippen LogP contribution in [-0.2, 0) is 6.42 Å². The van der Waals surface area contributed by atoms with Crippen LogP contribution >= 0.6 is 11.8 Å². The largest absolute Gasteiger partial charge is 0.322 e. The summed E-state index contributed by atoms with van der Waals surface area (Å²) in [5, 5.41) is -0.408. The molecule has 1 aliphatic heterocycles. The fourth-order valence-corrected chi connectivity index (χ4v) is 3.96. The Hall–Kier alpha value is -1.88. The molecule has 3 rings (SSSR count). The van der Waals surface area contributed by atoms with Crippen LogP contribution in [0.1, 0.15) is 33.8 Å². The summed E-state index contributed by atoms with van der Waals surface area (Å²) in [5.41, 5.74) is 2.11. The van der Waals surface area contributed by atoms with Gasteiger partial charge in [0.05, 0.1) is 0 Å². The molecule has 0 N–H and O–H groups in total. The number of rotatable bonds is 3. The number of thioether (sulfide) groups is 1. The van der Waals surface area contributed by atoms with Crippen molar-refractivity contribution in [3.8, 4) is 0 Å². The van der Waals surface area contributed by atoms with E-state index in [4.69, 9.17) is 0 Å². The van der Waals surface area contributed by atoms with Crippen LogP contribution in [0.3, 0.4) is 0 Å². The SMILES string of the molecule is CCc1ccc(C(=O)N2CCS[C@H]2c2ccc(F)cc2F)cc1. The number of hydrogen-bond acceptors (Lipinski definition) is 2. The molecule has 0 aliphatic carbocycles. The van der Waals surface area contributed by atoms with Crippen molar-refractivity contribution in [1.29, 1.82) is 0 Å². The van der Waals surface area contributed by atoms with Gasteiger partial charge in [0.25, 0.3) is 5.91 Å². The molecule has 0 aromatic heterocycles. The molecule has 2 nitrogen and oxygen atoms in total. The monoisotopic (exact) mass is 333 g/mol. The van der Waals surface area contributed by atoms with Crippen LogP contribution in [0.25, 0.3) is 0 Å². The van der Waals surface area contributed by atoms with Crippen molar-refractivity contribution in [2.75, 3.05) is 12.3 Å². The van der Waals surface area contributed by atoms with E-state index in [0.717, 1.165) is 18.2 Å². The number of carbonyl (C=O) groups excluding carboxylic acids is 1. The van der Waals surface area contributed by atoms with Gasteiger partial charge in [0.15, 0.2) is 0 Å². The maximum absolute atomic E-state index is 14.0. The van der Waals surface area contributed by atoms with Crippen LogP contribution in [0.2, 0.25) is 0 Å². The van der Waals surface area contributed by atoms with Gasteiger partial charge in [-0.3, -0.25) is 4.79 Å². The Kier molecular flexibility index (Phi) is 4.66. The summed E-state index contributed by atoms with van der Waals surface area (Å²) in [4.78, 5) is 14.4. The molecule has 23 heavy (non-hydrogen) atoms. The second-order valence-electron chi connectivity index (χ2n) is 5.44. The van der Waals surface area contributed by atoms with E-state index in [1.54, 1.807) is 4.90 Å². The number of hydrogen-bond donors (Lipinski definition) is 0. The van der Waals surface area contributed by atoms with Gasteiger partial charge in [0.2, 0.25) is 0 Å². The fourth-order valence-electron chi connectivity index (χ4n) is 2.69. The van der Waals surface area contributed by atoms with Gasteiger partial charge in [-0.1, -0.05) is 25.1 Å². The van der Waals surface area contributed by atoms with Crippen molar-refractivity contribution < 1.29 is 13.6 Å². The number of amides is 1. The van der Waals surface area contributed by atoms with Crippen LogP contribution in [0.4, 0.5) is 8.78 Å². The molecule has 0 spiro atoms. The van der Waals surface area contributed by atoms with Crippen LogP contribution in [0.5, 0.6) is 0 Å². The highest BCUT2D eigenvalue weighted by atomic mass is 32.2. The summed E-state index contributed by atoms with van der Waals surface area (Å²) >= 11 is 1.50. The minimum absolute atomic E-state index is 0.119. The Balaban J connectivity index is 1.86. The predicted molar refractivity (Wildman–Crippen MR) is 88.4 cm³/mol. The average Bonchev–Trinajstić information content (AvgIpc) is 3.03. The zero-order valence-corrected chi connectivity index (χ0v) is 13.6. The number of benzene rings is 2. The molecule has 1 aliphatic rings. The maximum Gasteiger partial charge on any atom is 0.255 e. The summed E-state index contributed by atoms with van der Waals surface area (Å²) in [7, 11) is 0. The third-order valence-corrected chi connectivity index (χ3v) is 5.23. The summed E-state index contributed by atoms with van der Waals surface area (Å²) in [6, 6.07) is 11.0. The second kappa shape index (κ2) is 6.71. The Morgan fingerprint density at radius 1 is 1.22 bits per heavy atom. The first kappa shape index (κ1) is 16.0. The molecule has 0 saturated carbocycles. The van der Waals surface area contributed by atoms with Gasteiger partial charge in [-0.05, 0) is 30.2 Å². The first-order valence-electron chi connectivity index (χ1n) is 7.56. The first-order chi connectivity index (χ1) is 11.1. The van der Waals surface area contributed by atoms with Crippen molar-refractivity contribution in [3.05, 3.63) is 70.8 Å². The first-order valence-corrected chi connectivity index (χ1v) is 8.61. The van der Waals surface area contributed by atoms with Crippen molar-refractivity contribution in [2.45, 2.75) is 18.7 Å². The smallest absolute Gasteiger partial charge is 0.255 e. The van der Waals surface area contributed by atoms with E-state index in [-0.39, 0.29) is 5.91 Å². The van der Waals surface area contributed by atoms with E-state index in [1.807, 2.05) is 24.3 Å². The van der Waals surface area contributed by atoms with Crippen LogP contribution < -0.4 is 0 Å². The van der Waals surface area contributed by atoms with Crippen molar-refractivity contribution in [1.82, 2.24) is 4.90 Å². The molecular formula is C18H17F2NOS. The molecule has 1 saturated heterocycles. The minimum atomic E-state index is -0.609. The van der Waals surface area contributed by atoms with Gasteiger partial charge in [-0.2, -0.15) is 0 Å². The normalized spacial score (nSPS) is 17.5. The third-order valence-electron chi connectivity index (χ3n) is 3.99. The van der Waals surface area contributed by atoms with E-state index in [2.05, 4.69) is 6.92 Å². The summed E-state index contributed by atoms with van der Waals surface area (Å²) in [6.07, 6.45) is 0.914. The molecule has 5 heteroatoms. The van der Waals surface area contributed by atoms with Crippen LogP contribution in [0, 0.1) is 11.6 Å². The van der Waals surface area contributed by atoms with E-state index >= 15 is 0 Å². The number of carbonyl (C=O) groups is 1. The standard InChI is InChI=1S/C18H17F2NOS/c1-2-12-3-5-13(6-4-12)17(22)21-9-10-23-18(21)15-8-7-14(19)11-16(15)20/h3-8,11,18H,2,9-10H2,1H3/t18-/m0/s1. The van der Waals surface area contributed by atoms with Crippen molar-refractivity contribution in [2.24, 2.45) is 0 Å². The van der Waals surface area contributed by atoms with Crippen molar-refractivity contribution >= 4 is 17.7 Å². The zero-order chi connectivity index (χ0) is 16.4. The predicted octanol–water partition coefficient (Wildman–Crippen LogP) is 4.42.